The summed E-state index contributed by atoms with van der Waals surface area (Å²) < 4.78 is 43.4. The largest absolute Gasteiger partial charge is 0.480 e. The number of aromatic nitrogens is 2. The second-order valence-corrected chi connectivity index (χ2v) is 4.78. The smallest absolute Gasteiger partial charge is 0.391 e. The van der Waals surface area contributed by atoms with Gasteiger partial charge in [-0.1, -0.05) is 0 Å². The average Bonchev–Trinajstić information content (AvgIpc) is 2.38. The predicted octanol–water partition coefficient (Wildman–Crippen LogP) is 2.43. The number of hydrogen-bond acceptors (Lipinski definition) is 4. The maximum absolute atomic E-state index is 12.8. The maximum atomic E-state index is 12.8. The molecule has 0 saturated heterocycles. The van der Waals surface area contributed by atoms with Gasteiger partial charge in [-0.05, 0) is 25.7 Å². The normalized spacial score (nSPS) is 28.2. The first-order chi connectivity index (χ1) is 8.87. The van der Waals surface area contributed by atoms with E-state index in [0.717, 1.165) is 0 Å². The molecule has 1 aromatic rings. The predicted molar refractivity (Wildman–Crippen MR) is 60.5 cm³/mol. The number of ether oxygens (including phenoxy) is 1. The van der Waals surface area contributed by atoms with Crippen molar-refractivity contribution in [1.82, 2.24) is 9.97 Å². The summed E-state index contributed by atoms with van der Waals surface area (Å²) in [6, 6.07) is 0. The molecular formula is C12H15F3N2O2. The molecule has 0 bridgehead atoms. The van der Waals surface area contributed by atoms with Gasteiger partial charge in [0.05, 0.1) is 13.0 Å². The monoisotopic (exact) mass is 276 g/mol. The molecule has 1 aliphatic carbocycles. The van der Waals surface area contributed by atoms with E-state index in [4.69, 9.17) is 4.74 Å². The molecule has 4 nitrogen and oxygen atoms in total. The molecule has 1 saturated carbocycles. The highest BCUT2D eigenvalue weighted by atomic mass is 19.4. The number of rotatable bonds is 2. The summed E-state index contributed by atoms with van der Waals surface area (Å²) in [6.07, 6.45) is -1.43. The van der Waals surface area contributed by atoms with Crippen LogP contribution >= 0.6 is 0 Å². The van der Waals surface area contributed by atoms with Crippen LogP contribution in [0.15, 0.2) is 12.4 Å². The maximum Gasteiger partial charge on any atom is 0.391 e. The van der Waals surface area contributed by atoms with Crippen molar-refractivity contribution in [3.05, 3.63) is 18.1 Å². The molecule has 1 N–H and O–H groups in total. The van der Waals surface area contributed by atoms with Gasteiger partial charge in [0.15, 0.2) is 0 Å². The van der Waals surface area contributed by atoms with Crippen molar-refractivity contribution >= 4 is 0 Å². The van der Waals surface area contributed by atoms with Gasteiger partial charge in [0.25, 0.3) is 0 Å². The van der Waals surface area contributed by atoms with Crippen molar-refractivity contribution in [2.24, 2.45) is 5.92 Å². The lowest BCUT2D eigenvalue weighted by Crippen LogP contribution is -2.39. The third kappa shape index (κ3) is 2.80. The average molecular weight is 276 g/mol. The highest BCUT2D eigenvalue weighted by Crippen LogP contribution is 2.46. The molecule has 0 spiro atoms. The minimum Gasteiger partial charge on any atom is -0.480 e. The van der Waals surface area contributed by atoms with Crippen LogP contribution in [-0.2, 0) is 5.60 Å². The summed E-state index contributed by atoms with van der Waals surface area (Å²) in [6.45, 7) is 0. The topological polar surface area (TPSA) is 55.2 Å². The van der Waals surface area contributed by atoms with Gasteiger partial charge in [-0.15, -0.1) is 0 Å². The zero-order valence-corrected chi connectivity index (χ0v) is 10.4. The van der Waals surface area contributed by atoms with Gasteiger partial charge < -0.3 is 9.84 Å². The summed E-state index contributed by atoms with van der Waals surface area (Å²) in [7, 11) is 1.35. The number of halogens is 3. The number of hydrogen-bond donors (Lipinski definition) is 1. The molecule has 0 amide bonds. The Balaban J connectivity index is 2.31. The van der Waals surface area contributed by atoms with E-state index < -0.39 is 24.1 Å². The molecule has 7 heteroatoms. The van der Waals surface area contributed by atoms with Crippen molar-refractivity contribution in [3.63, 3.8) is 0 Å². The summed E-state index contributed by atoms with van der Waals surface area (Å²) in [4.78, 5) is 7.84. The molecule has 2 rings (SSSR count). The molecule has 1 aromatic heterocycles. The Kier molecular flexibility index (Phi) is 3.66. The third-order valence-electron chi connectivity index (χ3n) is 3.49. The Morgan fingerprint density at radius 2 is 2.05 bits per heavy atom. The molecule has 19 heavy (non-hydrogen) atoms. The van der Waals surface area contributed by atoms with Gasteiger partial charge in [0.2, 0.25) is 5.88 Å². The Morgan fingerprint density at radius 1 is 1.37 bits per heavy atom. The van der Waals surface area contributed by atoms with E-state index in [1.165, 1.54) is 19.5 Å². The Morgan fingerprint density at radius 3 is 2.68 bits per heavy atom. The minimum atomic E-state index is -4.30. The van der Waals surface area contributed by atoms with E-state index >= 15 is 0 Å². The summed E-state index contributed by atoms with van der Waals surface area (Å²) in [5.74, 6) is -1.44. The first-order valence-corrected chi connectivity index (χ1v) is 6.01. The number of methoxy groups -OCH3 is 1. The minimum absolute atomic E-state index is 0.0361. The summed E-state index contributed by atoms with van der Waals surface area (Å²) in [5.41, 5.74) is -1.54. The van der Waals surface area contributed by atoms with Gasteiger partial charge in [0, 0.05) is 12.4 Å². The molecule has 2 unspecified atom stereocenters. The molecule has 0 radical (unpaired) electrons. The molecule has 1 heterocycles. The van der Waals surface area contributed by atoms with Crippen LogP contribution in [0.3, 0.4) is 0 Å². The Labute approximate surface area is 108 Å². The third-order valence-corrected chi connectivity index (χ3v) is 3.49. The molecule has 1 fully saturated rings. The number of alkyl halides is 3. The first-order valence-electron chi connectivity index (χ1n) is 6.01. The lowest BCUT2D eigenvalue weighted by Gasteiger charge is -2.37. The van der Waals surface area contributed by atoms with Crippen molar-refractivity contribution in [1.29, 1.82) is 0 Å². The van der Waals surface area contributed by atoms with Crippen LogP contribution in [0, 0.1) is 5.92 Å². The van der Waals surface area contributed by atoms with Gasteiger partial charge in [-0.2, -0.15) is 13.2 Å². The standard InChI is InChI=1S/C12H15F3N2O2/c1-19-10-9(16-5-6-17-10)11(18)4-2-3-8(7-11)12(13,14)15/h5-6,8,18H,2-4,7H2,1H3. The highest BCUT2D eigenvalue weighted by Gasteiger charge is 2.49. The van der Waals surface area contributed by atoms with Gasteiger partial charge >= 0.3 is 6.18 Å². The number of aliphatic hydroxyl groups is 1. The van der Waals surface area contributed by atoms with E-state index in [0.29, 0.717) is 6.42 Å². The second-order valence-electron chi connectivity index (χ2n) is 4.78. The molecular weight excluding hydrogens is 261 g/mol. The zero-order chi connectivity index (χ0) is 14.1. The second kappa shape index (κ2) is 4.96. The van der Waals surface area contributed by atoms with E-state index in [1.54, 1.807) is 0 Å². The fourth-order valence-electron chi connectivity index (χ4n) is 2.54. The van der Waals surface area contributed by atoms with Crippen LogP contribution in [0.5, 0.6) is 5.88 Å². The van der Waals surface area contributed by atoms with Gasteiger partial charge in [-0.3, -0.25) is 4.98 Å². The van der Waals surface area contributed by atoms with Crippen molar-refractivity contribution < 1.29 is 23.0 Å². The number of nitrogens with zero attached hydrogens (tertiary/aromatic N) is 2. The summed E-state index contributed by atoms with van der Waals surface area (Å²) >= 11 is 0. The lowest BCUT2D eigenvalue weighted by molar-refractivity contribution is -0.202. The molecule has 1 aliphatic rings. The SMILES string of the molecule is COc1nccnc1C1(O)CCCC(C(F)(F)F)C1. The highest BCUT2D eigenvalue weighted by molar-refractivity contribution is 5.25. The van der Waals surface area contributed by atoms with E-state index in [-0.39, 0.29) is 24.4 Å². The van der Waals surface area contributed by atoms with E-state index in [2.05, 4.69) is 9.97 Å². The molecule has 0 aromatic carbocycles. The zero-order valence-electron chi connectivity index (χ0n) is 10.4. The van der Waals surface area contributed by atoms with Gasteiger partial charge in [0.1, 0.15) is 11.3 Å². The van der Waals surface area contributed by atoms with Crippen LogP contribution in [0.1, 0.15) is 31.4 Å². The molecule has 0 aliphatic heterocycles. The Bertz CT molecular complexity index is 453. The van der Waals surface area contributed by atoms with Crippen LogP contribution in [0.2, 0.25) is 0 Å². The van der Waals surface area contributed by atoms with Crippen LogP contribution in [0.25, 0.3) is 0 Å². The fraction of sp³-hybridized carbons (Fsp3) is 0.667. The quantitative estimate of drug-likeness (QED) is 0.901. The Hall–Kier alpha value is -1.37. The molecule has 2 atom stereocenters. The van der Waals surface area contributed by atoms with Crippen molar-refractivity contribution in [2.75, 3.05) is 7.11 Å². The fourth-order valence-corrected chi connectivity index (χ4v) is 2.54. The van der Waals surface area contributed by atoms with Crippen LogP contribution in [0.4, 0.5) is 13.2 Å². The van der Waals surface area contributed by atoms with E-state index in [1.807, 2.05) is 0 Å². The van der Waals surface area contributed by atoms with Crippen LogP contribution in [-0.4, -0.2) is 28.4 Å². The van der Waals surface area contributed by atoms with Crippen molar-refractivity contribution in [2.45, 2.75) is 37.5 Å². The molecule has 106 valence electrons. The summed E-state index contributed by atoms with van der Waals surface area (Å²) in [5, 5.41) is 10.5. The van der Waals surface area contributed by atoms with Gasteiger partial charge in [-0.25, -0.2) is 4.98 Å². The first kappa shape index (κ1) is 14.0. The van der Waals surface area contributed by atoms with Crippen LogP contribution < -0.4 is 4.74 Å². The van der Waals surface area contributed by atoms with E-state index in [9.17, 15) is 18.3 Å². The lowest BCUT2D eigenvalue weighted by atomic mass is 9.76. The van der Waals surface area contributed by atoms with Crippen molar-refractivity contribution in [3.8, 4) is 5.88 Å².